The number of nitrogens with one attached hydrogen (secondary N) is 5. The van der Waals surface area contributed by atoms with Crippen molar-refractivity contribution in [2.45, 2.75) is 227 Å². The number of amides is 5. The minimum Gasteiger partial charge on any atom is -0.483 e. The Kier molecular flexibility index (Phi) is 66.8. The van der Waals surface area contributed by atoms with Gasteiger partial charge >= 0.3 is 36.6 Å². The molecule has 0 aromatic carbocycles. The van der Waals surface area contributed by atoms with Gasteiger partial charge < -0.3 is 58.5 Å². The van der Waals surface area contributed by atoms with Crippen LogP contribution in [0.15, 0.2) is 12.2 Å². The first-order valence-corrected chi connectivity index (χ1v) is 31.8. The molecule has 0 fully saturated rings. The lowest BCUT2D eigenvalue weighted by molar-refractivity contribution is -0.339. The first-order chi connectivity index (χ1) is 43.8. The Bertz CT molecular complexity index is 1900. The van der Waals surface area contributed by atoms with Gasteiger partial charge in [-0.2, -0.15) is 52.7 Å². The number of carboxylic acids is 2. The molecule has 3 unspecified atom stereocenters. The van der Waals surface area contributed by atoms with Crippen molar-refractivity contribution in [3.8, 4) is 0 Å². The molecule has 0 bridgehead atoms. The van der Waals surface area contributed by atoms with Gasteiger partial charge in [-0.1, -0.05) is 125 Å². The second kappa shape index (κ2) is 63.2. The molecule has 0 spiro atoms. The highest BCUT2D eigenvalue weighted by Crippen LogP contribution is 2.36. The number of hydrogen-bond acceptors (Lipinski definition) is 13. The van der Waals surface area contributed by atoms with E-state index in [1.165, 1.54) is 102 Å². The molecule has 556 valence electrons. The summed E-state index contributed by atoms with van der Waals surface area (Å²) in [4.78, 5) is 93.7. The average Bonchev–Trinajstić information content (AvgIpc) is 1.94. The summed E-state index contributed by atoms with van der Waals surface area (Å²) in [6, 6.07) is 0. The van der Waals surface area contributed by atoms with Crippen LogP contribution >= 0.6 is 0 Å². The highest BCUT2D eigenvalue weighted by Gasteiger charge is 2.59. The summed E-state index contributed by atoms with van der Waals surface area (Å²) >= 11 is 0. The lowest BCUT2D eigenvalue weighted by atomic mass is 9.91. The minimum atomic E-state index is -6.06. The van der Waals surface area contributed by atoms with Crippen LogP contribution in [0.4, 0.5) is 52.7 Å². The average molecular weight is 1390 g/mol. The number of carboxylic acid groups (broad SMARTS) is 4. The highest BCUT2D eigenvalue weighted by atomic mass is 19.5. The molecule has 0 saturated heterocycles. The molecule has 1 aliphatic rings. The number of imide groups is 1. The molecule has 1 aliphatic heterocycles. The second-order valence-electron chi connectivity index (χ2n) is 22.7. The molecule has 33 heteroatoms. The van der Waals surface area contributed by atoms with Crippen LogP contribution in [0.2, 0.25) is 0 Å². The van der Waals surface area contributed by atoms with Crippen LogP contribution in [0.1, 0.15) is 202 Å². The van der Waals surface area contributed by atoms with Crippen LogP contribution in [0, 0.1) is 29.6 Å². The van der Waals surface area contributed by atoms with Gasteiger partial charge in [-0.25, -0.2) is 9.59 Å². The van der Waals surface area contributed by atoms with Crippen LogP contribution in [0.3, 0.4) is 0 Å². The summed E-state index contributed by atoms with van der Waals surface area (Å²) in [7, 11) is 0. The Morgan fingerprint density at radius 1 is 0.468 bits per heavy atom. The van der Waals surface area contributed by atoms with E-state index < -0.39 is 36.6 Å². The number of nitrogens with zero attached hydrogens (tertiary/aromatic N) is 1. The van der Waals surface area contributed by atoms with Gasteiger partial charge in [0, 0.05) is 57.6 Å². The van der Waals surface area contributed by atoms with Crippen molar-refractivity contribution in [3.63, 3.8) is 0 Å². The van der Waals surface area contributed by atoms with Crippen molar-refractivity contribution in [1.29, 1.82) is 0 Å². The SMILES string of the molecule is CC(C)CCC(=O)NCCNC(=O)CCCN1C(=O)C=CC1=O.CCCCC(C)CCCCC(C)CCCC(C)CCC(=O)NCCCCCCC(CNCCCCN)CNCCCCN.FC(F)(F)C(F)(F)F.O=C(O)C(F)(F)F.O=C(O)C(F)(F)F.O=CO.O=CO. The molecule has 0 saturated carbocycles. The number of carbonyl (C=O) groups excluding carboxylic acids is 5. The molecule has 1 heterocycles. The Balaban J connectivity index is -0.000000310. The Hall–Kier alpha value is -5.83. The van der Waals surface area contributed by atoms with E-state index >= 15 is 0 Å². The molecule has 0 aromatic rings. The molecule has 3 atom stereocenters. The third kappa shape index (κ3) is 73.6. The summed E-state index contributed by atoms with van der Waals surface area (Å²) in [6.07, 6.45) is 8.13. The third-order valence-electron chi connectivity index (χ3n) is 13.5. The fraction of sp³-hybridized carbons (Fsp3) is 0.820. The van der Waals surface area contributed by atoms with Crippen molar-refractivity contribution >= 4 is 54.4 Å². The molecule has 13 N–H and O–H groups in total. The summed E-state index contributed by atoms with van der Waals surface area (Å²) in [5.74, 6) is -2.53. The predicted octanol–water partition coefficient (Wildman–Crippen LogP) is 11.1. The van der Waals surface area contributed by atoms with E-state index in [0.29, 0.717) is 50.1 Å². The van der Waals surface area contributed by atoms with Crippen molar-refractivity contribution in [3.05, 3.63) is 12.2 Å². The van der Waals surface area contributed by atoms with Crippen LogP contribution in [-0.4, -0.2) is 170 Å². The first-order valence-electron chi connectivity index (χ1n) is 31.8. The van der Waals surface area contributed by atoms with Crippen LogP contribution in [0.25, 0.3) is 0 Å². The van der Waals surface area contributed by atoms with Gasteiger partial charge in [0.2, 0.25) is 17.7 Å². The van der Waals surface area contributed by atoms with E-state index in [1.54, 1.807) is 0 Å². The maximum absolute atomic E-state index is 12.4. The molecule has 5 amide bonds. The van der Waals surface area contributed by atoms with E-state index in [1.807, 2.05) is 0 Å². The smallest absolute Gasteiger partial charge is 0.483 e. The van der Waals surface area contributed by atoms with Gasteiger partial charge in [0.05, 0.1) is 0 Å². The van der Waals surface area contributed by atoms with Crippen molar-refractivity contribution in [2.75, 3.05) is 65.4 Å². The van der Waals surface area contributed by atoms with Gasteiger partial charge in [0.25, 0.3) is 24.8 Å². The number of aliphatic carboxylic acids is 2. The lowest BCUT2D eigenvalue weighted by Gasteiger charge is -2.18. The molecule has 0 radical (unpaired) electrons. The maximum atomic E-state index is 12.4. The van der Waals surface area contributed by atoms with Crippen molar-refractivity contribution < 1.29 is 116 Å². The number of carbonyl (C=O) groups is 9. The quantitative estimate of drug-likeness (QED) is 0.0117. The normalized spacial score (nSPS) is 12.9. The summed E-state index contributed by atoms with van der Waals surface area (Å²) in [5.41, 5.74) is 11.2. The third-order valence-corrected chi connectivity index (χ3v) is 13.5. The van der Waals surface area contributed by atoms with E-state index in [9.17, 15) is 76.7 Å². The summed E-state index contributed by atoms with van der Waals surface area (Å²) in [6.45, 7) is 20.8. The number of alkyl halides is 12. The number of unbranched alkanes of at least 4 members (excludes halogenated alkanes) is 7. The molecule has 0 aliphatic carbocycles. The number of halogens is 12. The molecule has 94 heavy (non-hydrogen) atoms. The van der Waals surface area contributed by atoms with Gasteiger partial charge in [-0.15, -0.1) is 0 Å². The van der Waals surface area contributed by atoms with E-state index in [4.69, 9.17) is 51.1 Å². The van der Waals surface area contributed by atoms with Crippen molar-refractivity contribution in [2.24, 2.45) is 41.1 Å². The Morgan fingerprint density at radius 3 is 1.17 bits per heavy atom. The fourth-order valence-electron chi connectivity index (χ4n) is 8.12. The van der Waals surface area contributed by atoms with E-state index in [2.05, 4.69) is 68.1 Å². The van der Waals surface area contributed by atoms with E-state index in [0.717, 1.165) is 107 Å². The monoisotopic (exact) mass is 1390 g/mol. The van der Waals surface area contributed by atoms with Crippen LogP contribution < -0.4 is 38.1 Å². The first kappa shape index (κ1) is 99.2. The standard InChI is InChI=1S/C37H79N5O.C16H25N3O4.C2F6.2C2HF3O2.2CH2O2/c1-5-6-18-33(2)19-10-11-20-34(3)21-17-22-35(4)24-25-37(43)42-30-14-8-7-9-23-36(31-40-28-15-12-26-38)32-41-29-16-13-27-39;1-12(2)5-6-14(21)18-10-9-17-13(20)4-3-11-19-15(22)7-8-16(19)23;3-1(4,5)2(6,7)8;2*3-2(4,5)1(6)7;2*2-1-3/h33-36,40-41H,5-32,38-39H2,1-4H3,(H,42,43);7-8,12H,3-6,9-11H2,1-2H3,(H,17,20)(H,18,21);;2*(H,6,7);2*1H,(H,2,3). The predicted molar refractivity (Wildman–Crippen MR) is 333 cm³/mol. The van der Waals surface area contributed by atoms with Gasteiger partial charge in [0.15, 0.2) is 0 Å². The zero-order chi connectivity index (χ0) is 73.6. The summed E-state index contributed by atoms with van der Waals surface area (Å²) in [5, 5.41) is 43.9. The second-order valence-corrected chi connectivity index (χ2v) is 22.7. The zero-order valence-corrected chi connectivity index (χ0v) is 55.5. The minimum absolute atomic E-state index is 0.00786. The van der Waals surface area contributed by atoms with Gasteiger partial charge in [-0.3, -0.25) is 38.5 Å². The van der Waals surface area contributed by atoms with E-state index in [-0.39, 0.29) is 55.4 Å². The number of hydrogen-bond donors (Lipinski definition) is 11. The Morgan fingerprint density at radius 2 is 0.798 bits per heavy atom. The fourth-order valence-corrected chi connectivity index (χ4v) is 8.12. The van der Waals surface area contributed by atoms with Crippen molar-refractivity contribution in [1.82, 2.24) is 31.5 Å². The lowest BCUT2D eigenvalue weighted by Crippen LogP contribution is -2.35. The number of rotatable bonds is 44. The largest absolute Gasteiger partial charge is 0.490 e. The Labute approximate surface area is 546 Å². The van der Waals surface area contributed by atoms with Crippen LogP contribution in [-0.2, 0) is 43.2 Å². The zero-order valence-electron chi connectivity index (χ0n) is 55.5. The summed E-state index contributed by atoms with van der Waals surface area (Å²) < 4.78 is 126. The maximum Gasteiger partial charge on any atom is 0.490 e. The van der Waals surface area contributed by atoms with Gasteiger partial charge in [0.1, 0.15) is 0 Å². The molecular weight excluding hydrogens is 1280 g/mol. The molecule has 21 nitrogen and oxygen atoms in total. The van der Waals surface area contributed by atoms with Gasteiger partial charge in [-0.05, 0) is 127 Å². The molecular formula is C61H110F12N8O13. The number of nitrogens with two attached hydrogens (primary N) is 2. The topological polar surface area (TPSA) is 350 Å². The molecule has 1 rings (SSSR count). The highest BCUT2D eigenvalue weighted by molar-refractivity contribution is 6.12. The van der Waals surface area contributed by atoms with Crippen LogP contribution in [0.5, 0.6) is 0 Å². The molecule has 0 aromatic heterocycles.